The van der Waals surface area contributed by atoms with Gasteiger partial charge in [-0.25, -0.2) is 9.07 Å². The van der Waals surface area contributed by atoms with E-state index in [1.807, 2.05) is 29.8 Å². The molecule has 1 aliphatic carbocycles. The number of benzene rings is 2. The highest BCUT2D eigenvalue weighted by atomic mass is 19.1. The van der Waals surface area contributed by atoms with Crippen molar-refractivity contribution in [2.24, 2.45) is 0 Å². The number of hydrogen-bond acceptors (Lipinski definition) is 4. The first-order chi connectivity index (χ1) is 15.6. The number of nitrogens with one attached hydrogen (secondary N) is 1. The van der Waals surface area contributed by atoms with Gasteiger partial charge in [0.05, 0.1) is 11.7 Å². The summed E-state index contributed by atoms with van der Waals surface area (Å²) in [5.74, 6) is 0.927. The Kier molecular flexibility index (Phi) is 5.55. The Hall–Kier alpha value is -3.35. The first-order valence-electron chi connectivity index (χ1n) is 11.2. The van der Waals surface area contributed by atoms with Crippen LogP contribution in [0.2, 0.25) is 0 Å². The summed E-state index contributed by atoms with van der Waals surface area (Å²) in [7, 11) is 0. The van der Waals surface area contributed by atoms with Gasteiger partial charge < -0.3 is 14.8 Å². The number of halogens is 1. The van der Waals surface area contributed by atoms with Crippen LogP contribution in [0.5, 0.6) is 11.5 Å². The maximum atomic E-state index is 13.4. The quantitative estimate of drug-likeness (QED) is 0.611. The minimum Gasteiger partial charge on any atom is -0.486 e. The molecule has 1 aliphatic heterocycles. The lowest BCUT2D eigenvalue weighted by Crippen LogP contribution is -2.28. The first-order valence-corrected chi connectivity index (χ1v) is 11.2. The van der Waals surface area contributed by atoms with Gasteiger partial charge >= 0.3 is 0 Å². The summed E-state index contributed by atoms with van der Waals surface area (Å²) < 4.78 is 26.5. The number of carbonyl (C=O) groups excluding carboxylic acids is 1. The van der Waals surface area contributed by atoms with E-state index >= 15 is 0 Å². The molecule has 0 saturated heterocycles. The number of carbonyl (C=O) groups is 1. The molecule has 0 fully saturated rings. The molecule has 1 atom stereocenters. The second kappa shape index (κ2) is 8.65. The molecule has 2 aromatic carbocycles. The largest absolute Gasteiger partial charge is 0.486 e. The van der Waals surface area contributed by atoms with Crippen LogP contribution in [-0.2, 0) is 12.8 Å². The van der Waals surface area contributed by atoms with Crippen molar-refractivity contribution in [3.63, 3.8) is 0 Å². The minimum absolute atomic E-state index is 0.202. The second-order valence-corrected chi connectivity index (χ2v) is 8.32. The molecule has 0 saturated carbocycles. The summed E-state index contributed by atoms with van der Waals surface area (Å²) in [4.78, 5) is 13.3. The summed E-state index contributed by atoms with van der Waals surface area (Å²) in [5, 5.41) is 7.78. The maximum Gasteiger partial charge on any atom is 0.272 e. The molecule has 1 unspecified atom stereocenters. The number of nitrogens with zero attached hydrogens (tertiary/aromatic N) is 2. The van der Waals surface area contributed by atoms with E-state index in [1.165, 1.54) is 12.1 Å². The molecule has 0 spiro atoms. The lowest BCUT2D eigenvalue weighted by molar-refractivity contribution is 0.0933. The van der Waals surface area contributed by atoms with Crippen LogP contribution in [0.25, 0.3) is 5.69 Å². The van der Waals surface area contributed by atoms with Crippen molar-refractivity contribution in [3.05, 3.63) is 70.8 Å². The topological polar surface area (TPSA) is 65.4 Å². The van der Waals surface area contributed by atoms with Gasteiger partial charge in [0, 0.05) is 11.3 Å². The first kappa shape index (κ1) is 20.5. The Bertz CT molecular complexity index is 1140. The molecular formula is C25H26FN3O3. The standard InChI is InChI=1S/C25H26FN3O3/c1-16(17-7-12-22-23(15-17)32-14-13-31-22)27-25(30)24-20-5-3-2-4-6-21(20)29(28-24)19-10-8-18(26)9-11-19/h7-12,15-16H,2-6,13-14H2,1H3,(H,27,30). The van der Waals surface area contributed by atoms with Crippen LogP contribution in [-0.4, -0.2) is 28.9 Å². The molecule has 1 N–H and O–H groups in total. The van der Waals surface area contributed by atoms with E-state index in [4.69, 9.17) is 9.47 Å². The highest BCUT2D eigenvalue weighted by Gasteiger charge is 2.26. The Morgan fingerprint density at radius 1 is 1.03 bits per heavy atom. The van der Waals surface area contributed by atoms with Gasteiger partial charge in [-0.2, -0.15) is 5.10 Å². The summed E-state index contributed by atoms with van der Waals surface area (Å²) >= 11 is 0. The molecule has 166 valence electrons. The molecule has 2 aliphatic rings. The van der Waals surface area contributed by atoms with E-state index < -0.39 is 0 Å². The molecule has 1 aromatic heterocycles. The highest BCUT2D eigenvalue weighted by molar-refractivity contribution is 5.94. The van der Waals surface area contributed by atoms with Crippen LogP contribution >= 0.6 is 0 Å². The third-order valence-corrected chi connectivity index (χ3v) is 6.13. The SMILES string of the molecule is CC(NC(=O)c1nn(-c2ccc(F)cc2)c2c1CCCCC2)c1ccc2c(c1)OCCO2. The van der Waals surface area contributed by atoms with E-state index in [1.54, 1.807) is 12.1 Å². The molecular weight excluding hydrogens is 409 g/mol. The zero-order chi connectivity index (χ0) is 22.1. The van der Waals surface area contributed by atoms with Crippen molar-refractivity contribution in [3.8, 4) is 17.2 Å². The van der Waals surface area contributed by atoms with E-state index in [0.29, 0.717) is 24.7 Å². The predicted molar refractivity (Wildman–Crippen MR) is 118 cm³/mol. The van der Waals surface area contributed by atoms with Crippen molar-refractivity contribution < 1.29 is 18.7 Å². The van der Waals surface area contributed by atoms with Crippen LogP contribution in [0.1, 0.15) is 59.5 Å². The fourth-order valence-corrected chi connectivity index (χ4v) is 4.43. The van der Waals surface area contributed by atoms with Crippen LogP contribution < -0.4 is 14.8 Å². The van der Waals surface area contributed by atoms with E-state index in [0.717, 1.165) is 60.4 Å². The number of amides is 1. The van der Waals surface area contributed by atoms with Crippen LogP contribution in [0.15, 0.2) is 42.5 Å². The molecule has 5 rings (SSSR count). The molecule has 2 heterocycles. The summed E-state index contributed by atoms with van der Waals surface area (Å²) in [6.07, 6.45) is 4.86. The fourth-order valence-electron chi connectivity index (χ4n) is 4.43. The van der Waals surface area contributed by atoms with Crippen molar-refractivity contribution in [1.29, 1.82) is 0 Å². The number of ether oxygens (including phenoxy) is 2. The highest BCUT2D eigenvalue weighted by Crippen LogP contribution is 2.33. The van der Waals surface area contributed by atoms with E-state index in [-0.39, 0.29) is 17.8 Å². The average molecular weight is 435 g/mol. The van der Waals surface area contributed by atoms with Crippen LogP contribution in [0.4, 0.5) is 4.39 Å². The molecule has 1 amide bonds. The molecule has 0 radical (unpaired) electrons. The van der Waals surface area contributed by atoms with Crippen LogP contribution in [0.3, 0.4) is 0 Å². The van der Waals surface area contributed by atoms with Gasteiger partial charge in [-0.3, -0.25) is 4.79 Å². The van der Waals surface area contributed by atoms with Crippen molar-refractivity contribution in [1.82, 2.24) is 15.1 Å². The molecule has 32 heavy (non-hydrogen) atoms. The smallest absolute Gasteiger partial charge is 0.272 e. The van der Waals surface area contributed by atoms with Gasteiger partial charge in [0.15, 0.2) is 17.2 Å². The third kappa shape index (κ3) is 3.95. The Morgan fingerprint density at radius 3 is 2.59 bits per heavy atom. The fraction of sp³-hybridized carbons (Fsp3) is 0.360. The van der Waals surface area contributed by atoms with Crippen molar-refractivity contribution >= 4 is 5.91 Å². The summed E-state index contributed by atoms with van der Waals surface area (Å²) in [6.45, 7) is 3.00. The van der Waals surface area contributed by atoms with Crippen molar-refractivity contribution in [2.45, 2.75) is 45.1 Å². The van der Waals surface area contributed by atoms with Gasteiger partial charge in [0.25, 0.3) is 5.91 Å². The number of fused-ring (bicyclic) bond motifs is 2. The Balaban J connectivity index is 1.43. The number of rotatable bonds is 4. The van der Waals surface area contributed by atoms with Crippen molar-refractivity contribution in [2.75, 3.05) is 13.2 Å². The van der Waals surface area contributed by atoms with Gasteiger partial charge in [0.2, 0.25) is 0 Å². The van der Waals surface area contributed by atoms with Gasteiger partial charge in [0.1, 0.15) is 19.0 Å². The summed E-state index contributed by atoms with van der Waals surface area (Å²) in [5.41, 5.74) is 4.20. The van der Waals surface area contributed by atoms with Crippen LogP contribution in [0, 0.1) is 5.82 Å². The average Bonchev–Trinajstić information content (AvgIpc) is 3.00. The Labute approximate surface area is 186 Å². The third-order valence-electron chi connectivity index (χ3n) is 6.13. The summed E-state index contributed by atoms with van der Waals surface area (Å²) in [6, 6.07) is 11.7. The normalized spacial score (nSPS) is 16.1. The molecule has 3 aromatic rings. The lowest BCUT2D eigenvalue weighted by atomic mass is 10.1. The van der Waals surface area contributed by atoms with Gasteiger partial charge in [-0.1, -0.05) is 12.5 Å². The zero-order valence-electron chi connectivity index (χ0n) is 18.1. The van der Waals surface area contributed by atoms with Gasteiger partial charge in [-0.05, 0) is 74.6 Å². The lowest BCUT2D eigenvalue weighted by Gasteiger charge is -2.21. The van der Waals surface area contributed by atoms with Gasteiger partial charge in [-0.15, -0.1) is 0 Å². The number of hydrogen-bond donors (Lipinski definition) is 1. The predicted octanol–water partition coefficient (Wildman–Crippen LogP) is 4.54. The minimum atomic E-state index is -0.293. The maximum absolute atomic E-state index is 13.4. The molecule has 6 nitrogen and oxygen atoms in total. The number of aromatic nitrogens is 2. The monoisotopic (exact) mass is 435 g/mol. The second-order valence-electron chi connectivity index (χ2n) is 8.32. The Morgan fingerprint density at radius 2 is 1.78 bits per heavy atom. The molecule has 0 bridgehead atoms. The zero-order valence-corrected chi connectivity index (χ0v) is 18.1. The molecule has 7 heteroatoms. The van der Waals surface area contributed by atoms with E-state index in [9.17, 15) is 9.18 Å². The van der Waals surface area contributed by atoms with E-state index in [2.05, 4.69) is 10.4 Å².